The van der Waals surface area contributed by atoms with Crippen LogP contribution in [0.5, 0.6) is 5.75 Å². The Morgan fingerprint density at radius 1 is 0.964 bits per heavy atom. The van der Waals surface area contributed by atoms with Crippen molar-refractivity contribution in [2.75, 3.05) is 20.3 Å². The molecular formula is C23H31NO4. The van der Waals surface area contributed by atoms with Gasteiger partial charge in [-0.2, -0.15) is 0 Å². The van der Waals surface area contributed by atoms with E-state index in [2.05, 4.69) is 31.3 Å². The molecule has 2 rings (SSSR count). The highest BCUT2D eigenvalue weighted by Crippen LogP contribution is 2.23. The van der Waals surface area contributed by atoms with Crippen molar-refractivity contribution in [2.24, 2.45) is 5.92 Å². The second-order valence-electron chi connectivity index (χ2n) is 7.10. The van der Waals surface area contributed by atoms with Gasteiger partial charge in [0.05, 0.1) is 12.2 Å². The average Bonchev–Trinajstić information content (AvgIpc) is 2.70. The number of benzene rings is 2. The van der Waals surface area contributed by atoms with Crippen LogP contribution in [-0.2, 0) is 9.47 Å². The monoisotopic (exact) mass is 385 g/mol. The van der Waals surface area contributed by atoms with E-state index in [4.69, 9.17) is 14.2 Å². The summed E-state index contributed by atoms with van der Waals surface area (Å²) in [6.45, 7) is 6.71. The van der Waals surface area contributed by atoms with E-state index in [0.29, 0.717) is 17.5 Å². The molecule has 2 atom stereocenters. The van der Waals surface area contributed by atoms with Crippen molar-refractivity contribution in [1.82, 2.24) is 5.32 Å². The maximum Gasteiger partial charge on any atom is 0.338 e. The quantitative estimate of drug-likeness (QED) is 0.348. The molecule has 2 unspecified atom stereocenters. The zero-order valence-electron chi connectivity index (χ0n) is 17.2. The first kappa shape index (κ1) is 21.9. The first-order chi connectivity index (χ1) is 13.5. The SMILES string of the molecule is CNC(CC(C)C)c1ccc(OC(C)OCCOC(=O)c2ccccc2)cc1. The third kappa shape index (κ3) is 7.33. The van der Waals surface area contributed by atoms with Gasteiger partial charge in [-0.25, -0.2) is 4.79 Å². The lowest BCUT2D eigenvalue weighted by Crippen LogP contribution is -2.20. The second-order valence-corrected chi connectivity index (χ2v) is 7.10. The number of hydrogen-bond donors (Lipinski definition) is 1. The molecule has 0 aliphatic rings. The van der Waals surface area contributed by atoms with Crippen molar-refractivity contribution in [3.63, 3.8) is 0 Å². The van der Waals surface area contributed by atoms with Crippen LogP contribution in [0.25, 0.3) is 0 Å². The number of esters is 1. The summed E-state index contributed by atoms with van der Waals surface area (Å²) in [5.41, 5.74) is 1.77. The second kappa shape index (κ2) is 11.5. The van der Waals surface area contributed by atoms with E-state index in [9.17, 15) is 4.79 Å². The Labute approximate surface area is 168 Å². The van der Waals surface area contributed by atoms with Gasteiger partial charge < -0.3 is 19.5 Å². The molecule has 0 aliphatic heterocycles. The van der Waals surface area contributed by atoms with Gasteiger partial charge in [-0.15, -0.1) is 0 Å². The fourth-order valence-corrected chi connectivity index (χ4v) is 2.90. The van der Waals surface area contributed by atoms with E-state index in [1.165, 1.54) is 5.56 Å². The van der Waals surface area contributed by atoms with Gasteiger partial charge in [0, 0.05) is 6.04 Å². The van der Waals surface area contributed by atoms with Crippen LogP contribution in [0.1, 0.15) is 49.2 Å². The van der Waals surface area contributed by atoms with E-state index in [1.807, 2.05) is 32.2 Å². The molecule has 0 amide bonds. The fourth-order valence-electron chi connectivity index (χ4n) is 2.90. The van der Waals surface area contributed by atoms with Gasteiger partial charge in [0.2, 0.25) is 0 Å². The van der Waals surface area contributed by atoms with Crippen molar-refractivity contribution >= 4 is 5.97 Å². The Morgan fingerprint density at radius 2 is 1.64 bits per heavy atom. The molecular weight excluding hydrogens is 354 g/mol. The number of hydrogen-bond acceptors (Lipinski definition) is 5. The summed E-state index contributed by atoms with van der Waals surface area (Å²) >= 11 is 0. The summed E-state index contributed by atoms with van der Waals surface area (Å²) in [6.07, 6.45) is 0.648. The Morgan fingerprint density at radius 3 is 2.25 bits per heavy atom. The summed E-state index contributed by atoms with van der Waals surface area (Å²) in [6, 6.07) is 17.3. The van der Waals surface area contributed by atoms with Gasteiger partial charge in [-0.1, -0.05) is 44.2 Å². The highest BCUT2D eigenvalue weighted by atomic mass is 16.7. The zero-order chi connectivity index (χ0) is 20.4. The van der Waals surface area contributed by atoms with E-state index >= 15 is 0 Å². The van der Waals surface area contributed by atoms with E-state index in [-0.39, 0.29) is 19.2 Å². The number of rotatable bonds is 11. The normalized spacial score (nSPS) is 13.2. The molecule has 5 nitrogen and oxygen atoms in total. The van der Waals surface area contributed by atoms with Gasteiger partial charge in [0.1, 0.15) is 12.4 Å². The van der Waals surface area contributed by atoms with E-state index < -0.39 is 6.29 Å². The minimum absolute atomic E-state index is 0.180. The Kier molecular flexibility index (Phi) is 8.98. The molecule has 0 aromatic heterocycles. The predicted molar refractivity (Wildman–Crippen MR) is 110 cm³/mol. The van der Waals surface area contributed by atoms with Crippen molar-refractivity contribution < 1.29 is 19.0 Å². The molecule has 0 saturated carbocycles. The largest absolute Gasteiger partial charge is 0.465 e. The molecule has 0 heterocycles. The van der Waals surface area contributed by atoms with Crippen molar-refractivity contribution in [3.05, 3.63) is 65.7 Å². The maximum atomic E-state index is 11.8. The van der Waals surface area contributed by atoms with Crippen LogP contribution in [0.4, 0.5) is 0 Å². The van der Waals surface area contributed by atoms with Crippen molar-refractivity contribution in [2.45, 2.75) is 39.5 Å². The highest BCUT2D eigenvalue weighted by molar-refractivity contribution is 5.89. The van der Waals surface area contributed by atoms with Gasteiger partial charge in [-0.3, -0.25) is 0 Å². The molecule has 0 saturated heterocycles. The van der Waals surface area contributed by atoms with Crippen LogP contribution in [0.15, 0.2) is 54.6 Å². The van der Waals surface area contributed by atoms with Gasteiger partial charge in [-0.05, 0) is 56.1 Å². The van der Waals surface area contributed by atoms with Crippen LogP contribution in [-0.4, -0.2) is 32.5 Å². The summed E-state index contributed by atoms with van der Waals surface area (Å²) in [5.74, 6) is 1.02. The standard InChI is InChI=1S/C23H31NO4/c1-17(2)16-22(24-4)19-10-12-21(13-11-19)28-18(3)26-14-15-27-23(25)20-8-6-5-7-9-20/h5-13,17-18,22,24H,14-16H2,1-4H3. The van der Waals surface area contributed by atoms with Crippen LogP contribution in [0.3, 0.4) is 0 Å². The van der Waals surface area contributed by atoms with Gasteiger partial charge >= 0.3 is 5.97 Å². The van der Waals surface area contributed by atoms with Crippen molar-refractivity contribution in [3.8, 4) is 5.75 Å². The van der Waals surface area contributed by atoms with Gasteiger partial charge in [0.15, 0.2) is 6.29 Å². The summed E-state index contributed by atoms with van der Waals surface area (Å²) < 4.78 is 16.5. The lowest BCUT2D eigenvalue weighted by Gasteiger charge is -2.20. The highest BCUT2D eigenvalue weighted by Gasteiger charge is 2.12. The number of ether oxygens (including phenoxy) is 3. The molecule has 2 aromatic carbocycles. The minimum Gasteiger partial charge on any atom is -0.465 e. The third-order valence-corrected chi connectivity index (χ3v) is 4.32. The third-order valence-electron chi connectivity index (χ3n) is 4.32. The zero-order valence-corrected chi connectivity index (χ0v) is 17.2. The Balaban J connectivity index is 1.72. The molecule has 5 heteroatoms. The molecule has 0 spiro atoms. The predicted octanol–water partition coefficient (Wildman–Crippen LogP) is 4.59. The molecule has 152 valence electrons. The summed E-state index contributed by atoms with van der Waals surface area (Å²) in [4.78, 5) is 11.8. The van der Waals surface area contributed by atoms with Crippen LogP contribution in [0.2, 0.25) is 0 Å². The fraction of sp³-hybridized carbons (Fsp3) is 0.435. The molecule has 0 fully saturated rings. The molecule has 28 heavy (non-hydrogen) atoms. The molecule has 0 radical (unpaired) electrons. The van der Waals surface area contributed by atoms with E-state index in [1.54, 1.807) is 24.3 Å². The Hall–Kier alpha value is -2.37. The molecule has 2 aromatic rings. The molecule has 1 N–H and O–H groups in total. The number of carbonyl (C=O) groups is 1. The number of nitrogens with one attached hydrogen (secondary N) is 1. The molecule has 0 aliphatic carbocycles. The smallest absolute Gasteiger partial charge is 0.338 e. The first-order valence-electron chi connectivity index (χ1n) is 9.77. The first-order valence-corrected chi connectivity index (χ1v) is 9.77. The van der Waals surface area contributed by atoms with Crippen molar-refractivity contribution in [1.29, 1.82) is 0 Å². The lowest BCUT2D eigenvalue weighted by atomic mass is 9.97. The van der Waals surface area contributed by atoms with Gasteiger partial charge in [0.25, 0.3) is 0 Å². The van der Waals surface area contributed by atoms with Crippen LogP contribution in [0, 0.1) is 5.92 Å². The topological polar surface area (TPSA) is 56.8 Å². The van der Waals surface area contributed by atoms with Crippen LogP contribution >= 0.6 is 0 Å². The minimum atomic E-state index is -0.433. The lowest BCUT2D eigenvalue weighted by molar-refractivity contribution is -0.0783. The summed E-state index contributed by atoms with van der Waals surface area (Å²) in [7, 11) is 1.98. The van der Waals surface area contributed by atoms with Crippen LogP contribution < -0.4 is 10.1 Å². The van der Waals surface area contributed by atoms with E-state index in [0.717, 1.165) is 12.2 Å². The average molecular weight is 386 g/mol. The molecule has 0 bridgehead atoms. The Bertz CT molecular complexity index is 700. The summed E-state index contributed by atoms with van der Waals surface area (Å²) in [5, 5.41) is 3.36. The number of carbonyl (C=O) groups excluding carboxylic acids is 1. The maximum absolute atomic E-state index is 11.8.